The van der Waals surface area contributed by atoms with Crippen molar-refractivity contribution in [1.82, 2.24) is 9.88 Å². The first kappa shape index (κ1) is 22.6. The van der Waals surface area contributed by atoms with Gasteiger partial charge < -0.3 is 9.64 Å². The first-order chi connectivity index (χ1) is 16.3. The summed E-state index contributed by atoms with van der Waals surface area (Å²) in [7, 11) is 0. The van der Waals surface area contributed by atoms with Gasteiger partial charge in [-0.2, -0.15) is 0 Å². The maximum absolute atomic E-state index is 15.1. The van der Waals surface area contributed by atoms with Crippen LogP contribution in [0.5, 0.6) is 5.75 Å². The minimum Gasteiger partial charge on any atom is -0.490 e. The Bertz CT molecular complexity index is 1330. The number of nitrogens with zero attached hydrogens (tertiary/aromatic N) is 2. The Labute approximate surface area is 200 Å². The summed E-state index contributed by atoms with van der Waals surface area (Å²) in [5, 5.41) is 0. The fraction of sp³-hybridized carbons (Fsp3) is 0.379. The number of fused-ring (bicyclic) bond motifs is 2. The molecule has 4 nitrogen and oxygen atoms in total. The fourth-order valence-corrected chi connectivity index (χ4v) is 5.79. The minimum atomic E-state index is -0.279. The van der Waals surface area contributed by atoms with Gasteiger partial charge in [-0.25, -0.2) is 4.39 Å². The Kier molecular flexibility index (Phi) is 5.67. The molecule has 5 heteroatoms. The van der Waals surface area contributed by atoms with Gasteiger partial charge in [-0.15, -0.1) is 0 Å². The van der Waals surface area contributed by atoms with E-state index >= 15 is 4.39 Å². The third-order valence-electron chi connectivity index (χ3n) is 7.57. The molecule has 0 saturated heterocycles. The maximum Gasteiger partial charge on any atom is 0.256 e. The van der Waals surface area contributed by atoms with Gasteiger partial charge in [0, 0.05) is 31.0 Å². The third-order valence-corrected chi connectivity index (χ3v) is 7.57. The fourth-order valence-electron chi connectivity index (χ4n) is 5.79. The SMILES string of the molecule is CCc1c(C)c2c(c(C)c1-c1cc(F)c3c(c1C)CCCO3)CN(C(=O)c1cncc(C)c1)C2. The van der Waals surface area contributed by atoms with Gasteiger partial charge >= 0.3 is 0 Å². The van der Waals surface area contributed by atoms with Crippen LogP contribution >= 0.6 is 0 Å². The summed E-state index contributed by atoms with van der Waals surface area (Å²) in [5.74, 6) is 0.141. The highest BCUT2D eigenvalue weighted by Gasteiger charge is 2.31. The molecule has 1 aromatic heterocycles. The van der Waals surface area contributed by atoms with Gasteiger partial charge in [0.25, 0.3) is 5.91 Å². The molecule has 0 bridgehead atoms. The highest BCUT2D eigenvalue weighted by molar-refractivity contribution is 5.94. The van der Waals surface area contributed by atoms with Crippen LogP contribution in [0.4, 0.5) is 4.39 Å². The molecule has 0 atom stereocenters. The molecule has 2 aliphatic rings. The molecule has 0 N–H and O–H groups in total. The average Bonchev–Trinajstić information content (AvgIpc) is 3.29. The molecule has 0 spiro atoms. The molecule has 2 aliphatic heterocycles. The molecule has 1 amide bonds. The number of rotatable bonds is 3. The van der Waals surface area contributed by atoms with E-state index < -0.39 is 0 Å². The standard InChI is InChI=1S/C29H31FN2O2/c1-6-21-17(3)24-14-32(29(33)20-10-16(2)12-31-13-20)15-25(24)19(5)27(21)23-11-26(30)28-22(18(23)4)8-7-9-34-28/h10-13H,6-9,14-15H2,1-5H3. The summed E-state index contributed by atoms with van der Waals surface area (Å²) in [6.45, 7) is 12.2. The van der Waals surface area contributed by atoms with Crippen molar-refractivity contribution in [2.75, 3.05) is 6.61 Å². The van der Waals surface area contributed by atoms with Gasteiger partial charge in [0.2, 0.25) is 0 Å². The van der Waals surface area contributed by atoms with Crippen LogP contribution in [-0.4, -0.2) is 22.4 Å². The third kappa shape index (κ3) is 3.49. The van der Waals surface area contributed by atoms with Crippen LogP contribution in [0.25, 0.3) is 11.1 Å². The Morgan fingerprint density at radius 1 is 1.03 bits per heavy atom. The Balaban J connectivity index is 1.63. The first-order valence-corrected chi connectivity index (χ1v) is 12.1. The number of aryl methyl sites for hydroxylation is 1. The zero-order valence-electron chi connectivity index (χ0n) is 20.6. The summed E-state index contributed by atoms with van der Waals surface area (Å²) in [6.07, 6.45) is 5.99. The lowest BCUT2D eigenvalue weighted by Gasteiger charge is -2.25. The van der Waals surface area contributed by atoms with E-state index in [-0.39, 0.29) is 11.7 Å². The van der Waals surface area contributed by atoms with Crippen molar-refractivity contribution >= 4 is 5.91 Å². The van der Waals surface area contributed by atoms with Crippen LogP contribution in [-0.2, 0) is 25.9 Å². The molecule has 5 rings (SSSR count). The zero-order valence-corrected chi connectivity index (χ0v) is 20.6. The number of aromatic nitrogens is 1. The van der Waals surface area contributed by atoms with Gasteiger partial charge in [-0.05, 0) is 109 Å². The summed E-state index contributed by atoms with van der Waals surface area (Å²) >= 11 is 0. The second-order valence-corrected chi connectivity index (χ2v) is 9.62. The van der Waals surface area contributed by atoms with Crippen molar-refractivity contribution in [3.63, 3.8) is 0 Å². The first-order valence-electron chi connectivity index (χ1n) is 12.1. The molecular formula is C29H31FN2O2. The Morgan fingerprint density at radius 3 is 2.47 bits per heavy atom. The molecule has 0 fully saturated rings. The highest BCUT2D eigenvalue weighted by atomic mass is 19.1. The monoisotopic (exact) mass is 458 g/mol. The lowest BCUT2D eigenvalue weighted by Crippen LogP contribution is -2.25. The van der Waals surface area contributed by atoms with Crippen LogP contribution in [0.3, 0.4) is 0 Å². The van der Waals surface area contributed by atoms with Crippen molar-refractivity contribution < 1.29 is 13.9 Å². The van der Waals surface area contributed by atoms with Crippen LogP contribution in [0.2, 0.25) is 0 Å². The normalized spacial score (nSPS) is 14.6. The molecule has 2 aromatic carbocycles. The van der Waals surface area contributed by atoms with Crippen molar-refractivity contribution in [2.45, 2.75) is 67.0 Å². The molecule has 3 aromatic rings. The van der Waals surface area contributed by atoms with E-state index in [9.17, 15) is 4.79 Å². The van der Waals surface area contributed by atoms with E-state index in [2.05, 4.69) is 32.7 Å². The molecule has 176 valence electrons. The van der Waals surface area contributed by atoms with Crippen LogP contribution in [0.1, 0.15) is 68.2 Å². The van der Waals surface area contributed by atoms with E-state index in [0.29, 0.717) is 31.0 Å². The predicted octanol–water partition coefficient (Wildman–Crippen LogP) is 6.16. The van der Waals surface area contributed by atoms with Gasteiger partial charge in [0.05, 0.1) is 12.2 Å². The number of carbonyl (C=O) groups excluding carboxylic acids is 1. The van der Waals surface area contributed by atoms with Gasteiger partial charge in [-0.3, -0.25) is 9.78 Å². The van der Waals surface area contributed by atoms with Crippen molar-refractivity contribution in [2.24, 2.45) is 0 Å². The molecule has 0 saturated carbocycles. The molecule has 0 aliphatic carbocycles. The van der Waals surface area contributed by atoms with Gasteiger partial charge in [0.15, 0.2) is 11.6 Å². The second kappa shape index (κ2) is 8.53. The number of ether oxygens (including phenoxy) is 1. The van der Waals surface area contributed by atoms with Crippen molar-refractivity contribution in [1.29, 1.82) is 0 Å². The average molecular weight is 459 g/mol. The Hall–Kier alpha value is -3.21. The lowest BCUT2D eigenvalue weighted by molar-refractivity contribution is 0.0750. The van der Waals surface area contributed by atoms with E-state index in [4.69, 9.17) is 4.74 Å². The number of pyridine rings is 1. The van der Waals surface area contributed by atoms with E-state index in [1.807, 2.05) is 17.9 Å². The number of hydrogen-bond donors (Lipinski definition) is 0. The van der Waals surface area contributed by atoms with Gasteiger partial charge in [0.1, 0.15) is 0 Å². The summed E-state index contributed by atoms with van der Waals surface area (Å²) in [5.41, 5.74) is 11.8. The molecule has 0 radical (unpaired) electrons. The number of benzene rings is 2. The van der Waals surface area contributed by atoms with Gasteiger partial charge in [-0.1, -0.05) is 6.92 Å². The number of halogens is 1. The summed E-state index contributed by atoms with van der Waals surface area (Å²) < 4.78 is 20.8. The lowest BCUT2D eigenvalue weighted by atomic mass is 9.82. The minimum absolute atomic E-state index is 0.000969. The molecule has 3 heterocycles. The topological polar surface area (TPSA) is 42.4 Å². The molecular weight excluding hydrogens is 427 g/mol. The van der Waals surface area contributed by atoms with Crippen molar-refractivity contribution in [3.8, 4) is 16.9 Å². The maximum atomic E-state index is 15.1. The van der Waals surface area contributed by atoms with Crippen LogP contribution in [0.15, 0.2) is 24.5 Å². The second-order valence-electron chi connectivity index (χ2n) is 9.62. The van der Waals surface area contributed by atoms with Crippen molar-refractivity contribution in [3.05, 3.63) is 80.4 Å². The predicted molar refractivity (Wildman–Crippen MR) is 132 cm³/mol. The smallest absolute Gasteiger partial charge is 0.256 e. The largest absolute Gasteiger partial charge is 0.490 e. The number of hydrogen-bond acceptors (Lipinski definition) is 3. The summed E-state index contributed by atoms with van der Waals surface area (Å²) in [4.78, 5) is 19.4. The number of amides is 1. The van der Waals surface area contributed by atoms with E-state index in [1.165, 1.54) is 22.3 Å². The highest BCUT2D eigenvalue weighted by Crippen LogP contribution is 2.44. The molecule has 0 unspecified atom stereocenters. The van der Waals surface area contributed by atoms with E-state index in [1.54, 1.807) is 18.5 Å². The van der Waals surface area contributed by atoms with E-state index in [0.717, 1.165) is 52.6 Å². The zero-order chi connectivity index (χ0) is 24.1. The van der Waals surface area contributed by atoms with Crippen LogP contribution < -0.4 is 4.74 Å². The Morgan fingerprint density at radius 2 is 1.76 bits per heavy atom. The quantitative estimate of drug-likeness (QED) is 0.472. The van der Waals surface area contributed by atoms with Crippen LogP contribution in [0, 0.1) is 33.5 Å². The molecule has 34 heavy (non-hydrogen) atoms. The summed E-state index contributed by atoms with van der Waals surface area (Å²) in [6, 6.07) is 3.55. The number of carbonyl (C=O) groups is 1.